The molecule has 0 radical (unpaired) electrons. The van der Waals surface area contributed by atoms with Gasteiger partial charge in [-0.2, -0.15) is 5.10 Å². The van der Waals surface area contributed by atoms with Crippen LogP contribution in [0.3, 0.4) is 0 Å². The van der Waals surface area contributed by atoms with Crippen molar-refractivity contribution < 1.29 is 4.79 Å². The smallest absolute Gasteiger partial charge is 0.299 e. The first-order chi connectivity index (χ1) is 5.59. The molecule has 5 heteroatoms. The molecule has 5 nitrogen and oxygen atoms in total. The van der Waals surface area contributed by atoms with Crippen molar-refractivity contribution in [2.24, 2.45) is 5.92 Å². The Hall–Kier alpha value is -1.39. The zero-order chi connectivity index (χ0) is 9.14. The van der Waals surface area contributed by atoms with Crippen LogP contribution in [0.5, 0.6) is 0 Å². The highest BCUT2D eigenvalue weighted by atomic mass is 16.1. The molecule has 0 aliphatic carbocycles. The van der Waals surface area contributed by atoms with Crippen molar-refractivity contribution in [2.75, 3.05) is 0 Å². The van der Waals surface area contributed by atoms with E-state index in [-0.39, 0.29) is 23.8 Å². The van der Waals surface area contributed by atoms with Gasteiger partial charge in [-0.3, -0.25) is 9.78 Å². The van der Waals surface area contributed by atoms with E-state index in [9.17, 15) is 9.59 Å². The standard InChI is InChI=1S/C7H11N3O2/c1-4(2)5(11)3-6-8-7(12)10-9-6/h4H,3H2,1-2H3,(H2,8,9,10,12). The van der Waals surface area contributed by atoms with Gasteiger partial charge in [0.2, 0.25) is 0 Å². The predicted octanol–water partition coefficient (Wildman–Crippen LogP) is -0.134. The molecule has 0 amide bonds. The Morgan fingerprint density at radius 3 is 2.67 bits per heavy atom. The number of nitrogens with zero attached hydrogens (tertiary/aromatic N) is 1. The van der Waals surface area contributed by atoms with E-state index in [1.165, 1.54) is 0 Å². The van der Waals surface area contributed by atoms with E-state index in [1.54, 1.807) is 0 Å². The molecule has 1 rings (SSSR count). The van der Waals surface area contributed by atoms with Crippen LogP contribution in [0.1, 0.15) is 19.7 Å². The van der Waals surface area contributed by atoms with Crippen LogP contribution in [0.4, 0.5) is 0 Å². The summed E-state index contributed by atoms with van der Waals surface area (Å²) in [6.45, 7) is 3.63. The van der Waals surface area contributed by atoms with E-state index in [4.69, 9.17) is 0 Å². The molecular weight excluding hydrogens is 158 g/mol. The van der Waals surface area contributed by atoms with Gasteiger partial charge in [0.1, 0.15) is 11.6 Å². The number of ketones is 1. The molecule has 0 aromatic carbocycles. The zero-order valence-electron chi connectivity index (χ0n) is 7.05. The minimum absolute atomic E-state index is 0.0230. The maximum Gasteiger partial charge on any atom is 0.340 e. The molecule has 0 saturated carbocycles. The molecule has 1 heterocycles. The Balaban J connectivity index is 2.64. The number of carbonyl (C=O) groups excluding carboxylic acids is 1. The molecule has 0 aliphatic rings. The van der Waals surface area contributed by atoms with Crippen LogP contribution in [-0.2, 0) is 11.2 Å². The van der Waals surface area contributed by atoms with Gasteiger partial charge in [-0.1, -0.05) is 13.8 Å². The number of nitrogens with one attached hydrogen (secondary N) is 2. The Bertz CT molecular complexity index is 323. The highest BCUT2D eigenvalue weighted by Gasteiger charge is 2.09. The number of hydrogen-bond acceptors (Lipinski definition) is 3. The molecule has 2 N–H and O–H groups in total. The van der Waals surface area contributed by atoms with Gasteiger partial charge in [0, 0.05) is 5.92 Å². The fraction of sp³-hybridized carbons (Fsp3) is 0.571. The summed E-state index contributed by atoms with van der Waals surface area (Å²) >= 11 is 0. The number of Topliss-reactive ketones (excluding diaryl/α,β-unsaturated/α-hetero) is 1. The van der Waals surface area contributed by atoms with Crippen LogP contribution in [0, 0.1) is 5.92 Å². The molecule has 0 unspecified atom stereocenters. The lowest BCUT2D eigenvalue weighted by atomic mass is 10.1. The van der Waals surface area contributed by atoms with Crippen LogP contribution in [0.2, 0.25) is 0 Å². The SMILES string of the molecule is CC(C)C(=O)Cc1n[nH]c(=O)[nH]1. The van der Waals surface area contributed by atoms with Crippen molar-refractivity contribution in [1.82, 2.24) is 15.2 Å². The van der Waals surface area contributed by atoms with Gasteiger partial charge in [-0.15, -0.1) is 0 Å². The number of hydrogen-bond donors (Lipinski definition) is 2. The van der Waals surface area contributed by atoms with Crippen molar-refractivity contribution in [3.8, 4) is 0 Å². The molecule has 0 fully saturated rings. The Morgan fingerprint density at radius 2 is 2.25 bits per heavy atom. The largest absolute Gasteiger partial charge is 0.340 e. The second kappa shape index (κ2) is 3.34. The highest BCUT2D eigenvalue weighted by molar-refractivity contribution is 5.81. The van der Waals surface area contributed by atoms with Crippen molar-refractivity contribution in [3.63, 3.8) is 0 Å². The number of aromatic nitrogens is 3. The summed E-state index contributed by atoms with van der Waals surface area (Å²) in [5.41, 5.74) is -0.374. The fourth-order valence-corrected chi connectivity index (χ4v) is 0.758. The summed E-state index contributed by atoms with van der Waals surface area (Å²) in [4.78, 5) is 24.1. The van der Waals surface area contributed by atoms with Crippen LogP contribution in [0.15, 0.2) is 4.79 Å². The van der Waals surface area contributed by atoms with Crippen LogP contribution >= 0.6 is 0 Å². The van der Waals surface area contributed by atoms with Crippen LogP contribution < -0.4 is 5.69 Å². The molecular formula is C7H11N3O2. The lowest BCUT2D eigenvalue weighted by Gasteiger charge is -1.99. The number of H-pyrrole nitrogens is 2. The van der Waals surface area contributed by atoms with Gasteiger partial charge in [-0.25, -0.2) is 9.89 Å². The van der Waals surface area contributed by atoms with Gasteiger partial charge in [0.05, 0.1) is 6.42 Å². The van der Waals surface area contributed by atoms with Crippen LogP contribution in [-0.4, -0.2) is 21.0 Å². The zero-order valence-corrected chi connectivity index (χ0v) is 7.05. The van der Waals surface area contributed by atoms with Gasteiger partial charge < -0.3 is 0 Å². The molecule has 1 aromatic rings. The van der Waals surface area contributed by atoms with Crippen LogP contribution in [0.25, 0.3) is 0 Å². The molecule has 0 spiro atoms. The van der Waals surface area contributed by atoms with E-state index < -0.39 is 0 Å². The van der Waals surface area contributed by atoms with Crippen molar-refractivity contribution in [1.29, 1.82) is 0 Å². The molecule has 0 aliphatic heterocycles. The van der Waals surface area contributed by atoms with E-state index in [0.29, 0.717) is 5.82 Å². The number of aromatic amines is 2. The third kappa shape index (κ3) is 2.05. The Morgan fingerprint density at radius 1 is 1.58 bits per heavy atom. The minimum Gasteiger partial charge on any atom is -0.299 e. The van der Waals surface area contributed by atoms with Gasteiger partial charge in [0.15, 0.2) is 0 Å². The summed E-state index contributed by atoms with van der Waals surface area (Å²) < 4.78 is 0. The minimum atomic E-state index is -0.374. The first kappa shape index (κ1) is 8.70. The Labute approximate surface area is 69.2 Å². The normalized spacial score (nSPS) is 10.6. The molecule has 1 aromatic heterocycles. The molecule has 12 heavy (non-hydrogen) atoms. The quantitative estimate of drug-likeness (QED) is 0.661. The van der Waals surface area contributed by atoms with Crippen molar-refractivity contribution >= 4 is 5.78 Å². The van der Waals surface area contributed by atoms with Gasteiger partial charge in [-0.05, 0) is 0 Å². The van der Waals surface area contributed by atoms with Crippen molar-refractivity contribution in [3.05, 3.63) is 16.3 Å². The van der Waals surface area contributed by atoms with Gasteiger partial charge >= 0.3 is 5.69 Å². The van der Waals surface area contributed by atoms with Crippen molar-refractivity contribution in [2.45, 2.75) is 20.3 Å². The highest BCUT2D eigenvalue weighted by Crippen LogP contribution is 1.98. The maximum atomic E-state index is 11.1. The number of rotatable bonds is 3. The maximum absolute atomic E-state index is 11.1. The van der Waals surface area contributed by atoms with E-state index >= 15 is 0 Å². The second-order valence-corrected chi connectivity index (χ2v) is 2.92. The summed E-state index contributed by atoms with van der Waals surface area (Å²) in [5.74, 6) is 0.446. The van der Waals surface area contributed by atoms with E-state index in [0.717, 1.165) is 0 Å². The first-order valence-electron chi connectivity index (χ1n) is 3.76. The average Bonchev–Trinajstić information content (AvgIpc) is 2.35. The molecule has 0 bridgehead atoms. The predicted molar refractivity (Wildman–Crippen MR) is 42.8 cm³/mol. The summed E-state index contributed by atoms with van der Waals surface area (Å²) in [5, 5.41) is 5.82. The van der Waals surface area contributed by atoms with Gasteiger partial charge in [0.25, 0.3) is 0 Å². The average molecular weight is 169 g/mol. The van der Waals surface area contributed by atoms with E-state index in [1.807, 2.05) is 13.8 Å². The fourth-order valence-electron chi connectivity index (χ4n) is 0.758. The third-order valence-corrected chi connectivity index (χ3v) is 1.54. The topological polar surface area (TPSA) is 78.6 Å². The molecule has 0 saturated heterocycles. The van der Waals surface area contributed by atoms with E-state index in [2.05, 4.69) is 15.2 Å². The third-order valence-electron chi connectivity index (χ3n) is 1.54. The lowest BCUT2D eigenvalue weighted by molar-refractivity contribution is -0.121. The monoisotopic (exact) mass is 169 g/mol. The Kier molecular flexibility index (Phi) is 2.42. The summed E-state index contributed by atoms with van der Waals surface area (Å²) in [7, 11) is 0. The molecule has 0 atom stereocenters. The first-order valence-corrected chi connectivity index (χ1v) is 3.76. The second-order valence-electron chi connectivity index (χ2n) is 2.92. The lowest BCUT2D eigenvalue weighted by Crippen LogP contribution is -2.11. The number of carbonyl (C=O) groups is 1. The summed E-state index contributed by atoms with van der Waals surface area (Å²) in [6, 6.07) is 0. The molecule has 66 valence electrons. The summed E-state index contributed by atoms with van der Waals surface area (Å²) in [6.07, 6.45) is 0.191.